The van der Waals surface area contributed by atoms with Crippen LogP contribution in [0.25, 0.3) is 0 Å². The molecule has 0 aromatic carbocycles. The van der Waals surface area contributed by atoms with E-state index in [1.54, 1.807) is 27.4 Å². The van der Waals surface area contributed by atoms with Crippen molar-refractivity contribution < 1.29 is 9.59 Å². The highest BCUT2D eigenvalue weighted by molar-refractivity contribution is 7.99. The maximum atomic E-state index is 12.8. The molecular formula is C16H26N4O2S. The number of hydrogen-bond acceptors (Lipinski definition) is 4. The Labute approximate surface area is 142 Å². The molecule has 1 aliphatic rings. The van der Waals surface area contributed by atoms with E-state index in [-0.39, 0.29) is 17.9 Å². The third-order valence-electron chi connectivity index (χ3n) is 3.89. The molecule has 0 saturated carbocycles. The molecule has 0 bridgehead atoms. The Hall–Kier alpha value is -1.50. The minimum atomic E-state index is -0.389. The molecule has 6 nitrogen and oxygen atoms in total. The van der Waals surface area contributed by atoms with Crippen LogP contribution in [0.4, 0.5) is 0 Å². The molecule has 2 heterocycles. The van der Waals surface area contributed by atoms with Gasteiger partial charge in [0.15, 0.2) is 0 Å². The zero-order valence-electron chi connectivity index (χ0n) is 14.3. The fourth-order valence-corrected chi connectivity index (χ4v) is 3.72. The first-order valence-corrected chi connectivity index (χ1v) is 9.30. The number of carbonyl (C=O) groups is 2. The van der Waals surface area contributed by atoms with Crippen LogP contribution in [0.5, 0.6) is 0 Å². The first kappa shape index (κ1) is 17.8. The molecule has 1 fully saturated rings. The Bertz CT molecular complexity index is 570. The maximum absolute atomic E-state index is 12.8. The largest absolute Gasteiger partial charge is 0.354 e. The van der Waals surface area contributed by atoms with Crippen LogP contribution >= 0.6 is 11.8 Å². The first-order chi connectivity index (χ1) is 10.9. The smallest absolute Gasteiger partial charge is 0.273 e. The van der Waals surface area contributed by atoms with Crippen molar-refractivity contribution in [2.24, 2.45) is 5.92 Å². The predicted molar refractivity (Wildman–Crippen MR) is 92.4 cm³/mol. The fourth-order valence-electron chi connectivity index (χ4n) is 2.57. The van der Waals surface area contributed by atoms with E-state index in [9.17, 15) is 9.59 Å². The van der Waals surface area contributed by atoms with Gasteiger partial charge in [-0.3, -0.25) is 14.3 Å². The summed E-state index contributed by atoms with van der Waals surface area (Å²) in [5.41, 5.74) is 1.38. The van der Waals surface area contributed by atoms with Crippen LogP contribution in [-0.2, 0) is 11.3 Å². The summed E-state index contributed by atoms with van der Waals surface area (Å²) in [6, 6.07) is 1.41. The standard InChI is InChI=1S/C16H26N4O2S/c1-5-20-13(8-12(4)18-20)16(22)19-10-23-9-14(19)15(21)17-7-6-11(2)3/h8,11,14H,5-7,9-10H2,1-4H3,(H,17,21). The minimum absolute atomic E-state index is 0.0525. The number of thioether (sulfide) groups is 1. The number of rotatable bonds is 6. The van der Waals surface area contributed by atoms with Crippen LogP contribution in [0, 0.1) is 12.8 Å². The number of carbonyl (C=O) groups excluding carboxylic acids is 2. The molecule has 0 spiro atoms. The normalized spacial score (nSPS) is 17.8. The van der Waals surface area contributed by atoms with Crippen LogP contribution < -0.4 is 5.32 Å². The van der Waals surface area contributed by atoms with Crippen LogP contribution in [0.1, 0.15) is 43.4 Å². The van der Waals surface area contributed by atoms with Crippen molar-refractivity contribution in [3.05, 3.63) is 17.5 Å². The van der Waals surface area contributed by atoms with Crippen LogP contribution in [-0.4, -0.2) is 50.7 Å². The molecule has 0 radical (unpaired) electrons. The molecule has 1 aliphatic heterocycles. The van der Waals surface area contributed by atoms with Gasteiger partial charge in [-0.2, -0.15) is 5.10 Å². The average molecular weight is 338 g/mol. The average Bonchev–Trinajstić information content (AvgIpc) is 3.12. The third-order valence-corrected chi connectivity index (χ3v) is 4.90. The van der Waals surface area contributed by atoms with Gasteiger partial charge < -0.3 is 10.2 Å². The second kappa shape index (κ2) is 7.86. The van der Waals surface area contributed by atoms with Gasteiger partial charge in [-0.05, 0) is 32.3 Å². The molecule has 0 aliphatic carbocycles. The summed E-state index contributed by atoms with van der Waals surface area (Å²) in [5, 5.41) is 7.28. The van der Waals surface area contributed by atoms with Crippen molar-refractivity contribution in [2.75, 3.05) is 18.2 Å². The van der Waals surface area contributed by atoms with Gasteiger partial charge >= 0.3 is 0 Å². The van der Waals surface area contributed by atoms with Crippen molar-refractivity contribution in [2.45, 2.75) is 46.7 Å². The lowest BCUT2D eigenvalue weighted by Gasteiger charge is -2.23. The van der Waals surface area contributed by atoms with E-state index in [0.717, 1.165) is 12.1 Å². The number of nitrogens with zero attached hydrogens (tertiary/aromatic N) is 3. The second-order valence-corrected chi connectivity index (χ2v) is 7.25. The van der Waals surface area contributed by atoms with Gasteiger partial charge in [-0.25, -0.2) is 0 Å². The first-order valence-electron chi connectivity index (χ1n) is 8.14. The summed E-state index contributed by atoms with van der Waals surface area (Å²) in [6.07, 6.45) is 0.946. The molecule has 1 aromatic rings. The van der Waals surface area contributed by atoms with E-state index in [1.807, 2.05) is 13.8 Å². The molecule has 1 unspecified atom stereocenters. The number of nitrogens with one attached hydrogen (secondary N) is 1. The molecule has 2 amide bonds. The number of aryl methyl sites for hydroxylation is 2. The lowest BCUT2D eigenvalue weighted by Crippen LogP contribution is -2.48. The Morgan fingerprint density at radius 3 is 2.87 bits per heavy atom. The Balaban J connectivity index is 2.05. The molecule has 7 heteroatoms. The van der Waals surface area contributed by atoms with Gasteiger partial charge in [-0.15, -0.1) is 11.8 Å². The fraction of sp³-hybridized carbons (Fsp3) is 0.688. The molecule has 23 heavy (non-hydrogen) atoms. The van der Waals surface area contributed by atoms with Gasteiger partial charge in [0, 0.05) is 18.8 Å². The summed E-state index contributed by atoms with van der Waals surface area (Å²) in [7, 11) is 0. The highest BCUT2D eigenvalue weighted by Gasteiger charge is 2.36. The van der Waals surface area contributed by atoms with Gasteiger partial charge in [-0.1, -0.05) is 13.8 Å². The molecule has 1 N–H and O–H groups in total. The van der Waals surface area contributed by atoms with Crippen LogP contribution in [0.15, 0.2) is 6.07 Å². The topological polar surface area (TPSA) is 67.2 Å². The van der Waals surface area contributed by atoms with Crippen molar-refractivity contribution in [1.82, 2.24) is 20.0 Å². The Morgan fingerprint density at radius 2 is 2.22 bits per heavy atom. The van der Waals surface area contributed by atoms with E-state index in [4.69, 9.17) is 0 Å². The molecule has 2 rings (SSSR count). The summed E-state index contributed by atoms with van der Waals surface area (Å²) < 4.78 is 1.70. The van der Waals surface area contributed by atoms with Crippen molar-refractivity contribution in [3.8, 4) is 0 Å². The van der Waals surface area contributed by atoms with Crippen LogP contribution in [0.2, 0.25) is 0 Å². The van der Waals surface area contributed by atoms with Crippen LogP contribution in [0.3, 0.4) is 0 Å². The van der Waals surface area contributed by atoms with E-state index in [2.05, 4.69) is 24.3 Å². The quantitative estimate of drug-likeness (QED) is 0.860. The van der Waals surface area contributed by atoms with E-state index in [0.29, 0.717) is 36.3 Å². The van der Waals surface area contributed by atoms with Crippen molar-refractivity contribution in [3.63, 3.8) is 0 Å². The zero-order chi connectivity index (χ0) is 17.0. The number of aromatic nitrogens is 2. The zero-order valence-corrected chi connectivity index (χ0v) is 15.2. The van der Waals surface area contributed by atoms with Gasteiger partial charge in [0.2, 0.25) is 5.91 Å². The van der Waals surface area contributed by atoms with E-state index in [1.165, 1.54) is 0 Å². The maximum Gasteiger partial charge on any atom is 0.273 e. The summed E-state index contributed by atoms with van der Waals surface area (Å²) in [4.78, 5) is 26.9. The number of amides is 2. The molecule has 1 saturated heterocycles. The monoisotopic (exact) mass is 338 g/mol. The summed E-state index contributed by atoms with van der Waals surface area (Å²) in [5.74, 6) is 1.59. The SMILES string of the molecule is CCn1nc(C)cc1C(=O)N1CSCC1C(=O)NCCC(C)C. The molecular weight excluding hydrogens is 312 g/mol. The lowest BCUT2D eigenvalue weighted by molar-refractivity contribution is -0.124. The highest BCUT2D eigenvalue weighted by atomic mass is 32.2. The molecule has 1 atom stereocenters. The second-order valence-electron chi connectivity index (χ2n) is 6.25. The Kier molecular flexibility index (Phi) is 6.10. The van der Waals surface area contributed by atoms with Crippen molar-refractivity contribution in [1.29, 1.82) is 0 Å². The minimum Gasteiger partial charge on any atom is -0.354 e. The molecule has 128 valence electrons. The summed E-state index contributed by atoms with van der Waals surface area (Å²) in [6.45, 7) is 9.38. The molecule has 1 aromatic heterocycles. The van der Waals surface area contributed by atoms with Gasteiger partial charge in [0.25, 0.3) is 5.91 Å². The van der Waals surface area contributed by atoms with Crippen molar-refractivity contribution >= 4 is 23.6 Å². The third kappa shape index (κ3) is 4.28. The lowest BCUT2D eigenvalue weighted by atomic mass is 10.1. The van der Waals surface area contributed by atoms with E-state index < -0.39 is 0 Å². The van der Waals surface area contributed by atoms with E-state index >= 15 is 0 Å². The summed E-state index contributed by atoms with van der Waals surface area (Å²) >= 11 is 1.62. The van der Waals surface area contributed by atoms with Gasteiger partial charge in [0.1, 0.15) is 11.7 Å². The Morgan fingerprint density at radius 1 is 1.48 bits per heavy atom. The number of hydrogen-bond donors (Lipinski definition) is 1. The highest BCUT2D eigenvalue weighted by Crippen LogP contribution is 2.23. The van der Waals surface area contributed by atoms with Gasteiger partial charge in [0.05, 0.1) is 11.6 Å². The predicted octanol–water partition coefficient (Wildman–Crippen LogP) is 1.89.